The second-order valence-electron chi connectivity index (χ2n) is 10.1. The van der Waals surface area contributed by atoms with Gasteiger partial charge in [0.25, 0.3) is 0 Å². The fourth-order valence-corrected chi connectivity index (χ4v) is 5.80. The first-order chi connectivity index (χ1) is 17.1. The largest absolute Gasteiger partial charge is 0.460 e. The van der Waals surface area contributed by atoms with Crippen LogP contribution in [0.4, 0.5) is 0 Å². The first-order valence-corrected chi connectivity index (χ1v) is 12.7. The number of aliphatic hydroxyl groups is 1. The minimum atomic E-state index is -1.14. The van der Waals surface area contributed by atoms with Crippen LogP contribution in [0.25, 0.3) is 0 Å². The lowest BCUT2D eigenvalue weighted by atomic mass is 9.70. The summed E-state index contributed by atoms with van der Waals surface area (Å²) in [6, 6.07) is -1.08. The number of hydrogen-bond acceptors (Lipinski definition) is 7. The Hall–Kier alpha value is -2.72. The highest BCUT2D eigenvalue weighted by atomic mass is 16.6. The van der Waals surface area contributed by atoms with Crippen LogP contribution in [0, 0.1) is 11.8 Å². The van der Waals surface area contributed by atoms with E-state index in [9.17, 15) is 24.3 Å². The molecule has 2 bridgehead atoms. The molecule has 2 N–H and O–H groups in total. The maximum absolute atomic E-state index is 13.8. The highest BCUT2D eigenvalue weighted by Crippen LogP contribution is 2.58. The Morgan fingerprint density at radius 1 is 1.31 bits per heavy atom. The van der Waals surface area contributed by atoms with Crippen LogP contribution in [0.3, 0.4) is 0 Å². The Bertz CT molecular complexity index is 891. The second kappa shape index (κ2) is 11.6. The number of amides is 3. The summed E-state index contributed by atoms with van der Waals surface area (Å²) in [7, 11) is 0. The van der Waals surface area contributed by atoms with Gasteiger partial charge < -0.3 is 29.7 Å². The summed E-state index contributed by atoms with van der Waals surface area (Å²) in [6.07, 6.45) is 4.00. The van der Waals surface area contributed by atoms with E-state index in [1.807, 2.05) is 13.8 Å². The molecule has 0 aromatic rings. The molecule has 3 aliphatic rings. The molecule has 6 atom stereocenters. The lowest BCUT2D eigenvalue weighted by molar-refractivity contribution is -0.159. The van der Waals surface area contributed by atoms with E-state index < -0.39 is 41.7 Å². The molecule has 10 heteroatoms. The SMILES string of the molecule is C=CCCC(=O)NC[C@@H](C)OC(=O)[C@@H]1[C@@H]2CC[C@]3(O2)[C@H](C(=O)N(CC=C)C(C)C)N(CCO)C(=O)[C@@H]13. The minimum absolute atomic E-state index is 0.0313. The van der Waals surface area contributed by atoms with Crippen molar-refractivity contribution in [3.05, 3.63) is 25.3 Å². The molecule has 3 fully saturated rings. The number of hydrogen-bond donors (Lipinski definition) is 2. The van der Waals surface area contributed by atoms with Crippen LogP contribution in [0.2, 0.25) is 0 Å². The fraction of sp³-hybridized carbons (Fsp3) is 0.692. The highest BCUT2D eigenvalue weighted by Gasteiger charge is 2.75. The van der Waals surface area contributed by atoms with Crippen molar-refractivity contribution in [2.75, 3.05) is 26.2 Å². The van der Waals surface area contributed by atoms with Gasteiger partial charge >= 0.3 is 5.97 Å². The third-order valence-corrected chi connectivity index (χ3v) is 7.36. The van der Waals surface area contributed by atoms with Crippen LogP contribution in [-0.4, -0.2) is 94.7 Å². The summed E-state index contributed by atoms with van der Waals surface area (Å²) in [5.74, 6) is -3.11. The van der Waals surface area contributed by atoms with Crippen molar-refractivity contribution in [1.82, 2.24) is 15.1 Å². The quantitative estimate of drug-likeness (QED) is 0.280. The van der Waals surface area contributed by atoms with Gasteiger partial charge in [-0.3, -0.25) is 19.2 Å². The number of rotatable bonds is 13. The fourth-order valence-electron chi connectivity index (χ4n) is 5.80. The molecular weight excluding hydrogens is 466 g/mol. The lowest BCUT2D eigenvalue weighted by Crippen LogP contribution is -2.57. The van der Waals surface area contributed by atoms with Crippen LogP contribution in [-0.2, 0) is 28.7 Å². The lowest BCUT2D eigenvalue weighted by Gasteiger charge is -2.38. The smallest absolute Gasteiger partial charge is 0.312 e. The molecule has 0 aliphatic carbocycles. The Morgan fingerprint density at radius 2 is 2.03 bits per heavy atom. The van der Waals surface area contributed by atoms with E-state index >= 15 is 0 Å². The molecule has 0 saturated carbocycles. The van der Waals surface area contributed by atoms with E-state index in [0.29, 0.717) is 32.2 Å². The number of aliphatic hydroxyl groups excluding tert-OH is 1. The summed E-state index contributed by atoms with van der Waals surface area (Å²) in [4.78, 5) is 55.5. The predicted octanol–water partition coefficient (Wildman–Crippen LogP) is 0.790. The second-order valence-corrected chi connectivity index (χ2v) is 10.1. The third kappa shape index (κ3) is 5.06. The molecule has 0 aromatic heterocycles. The van der Waals surface area contributed by atoms with E-state index in [0.717, 1.165) is 0 Å². The van der Waals surface area contributed by atoms with Gasteiger partial charge in [0.2, 0.25) is 17.7 Å². The minimum Gasteiger partial charge on any atom is -0.460 e. The Morgan fingerprint density at radius 3 is 2.64 bits per heavy atom. The molecule has 3 rings (SSSR count). The molecule has 200 valence electrons. The summed E-state index contributed by atoms with van der Waals surface area (Å²) >= 11 is 0. The van der Waals surface area contributed by atoms with Gasteiger partial charge in [-0.1, -0.05) is 12.2 Å². The number of esters is 1. The van der Waals surface area contributed by atoms with Gasteiger partial charge in [0.15, 0.2) is 0 Å². The molecule has 36 heavy (non-hydrogen) atoms. The molecule has 10 nitrogen and oxygen atoms in total. The van der Waals surface area contributed by atoms with Gasteiger partial charge in [0.05, 0.1) is 31.1 Å². The summed E-state index contributed by atoms with van der Waals surface area (Å²) < 4.78 is 12.0. The summed E-state index contributed by atoms with van der Waals surface area (Å²) in [5, 5.41) is 12.4. The monoisotopic (exact) mass is 505 g/mol. The zero-order valence-corrected chi connectivity index (χ0v) is 21.5. The van der Waals surface area contributed by atoms with E-state index in [-0.39, 0.29) is 43.5 Å². The van der Waals surface area contributed by atoms with Crippen LogP contribution < -0.4 is 5.32 Å². The van der Waals surface area contributed by atoms with Gasteiger partial charge in [0.1, 0.15) is 17.7 Å². The van der Waals surface area contributed by atoms with E-state index in [4.69, 9.17) is 9.47 Å². The van der Waals surface area contributed by atoms with Crippen molar-refractivity contribution in [3.63, 3.8) is 0 Å². The first kappa shape index (κ1) is 27.9. The average Bonchev–Trinajstić information content (AvgIpc) is 3.47. The number of carbonyl (C=O) groups excluding carboxylic acids is 4. The van der Waals surface area contributed by atoms with Gasteiger partial charge in [0, 0.05) is 25.6 Å². The Labute approximate surface area is 212 Å². The highest BCUT2D eigenvalue weighted by molar-refractivity contribution is 5.98. The number of allylic oxidation sites excluding steroid dienone is 1. The Balaban J connectivity index is 1.80. The molecule has 0 radical (unpaired) electrons. The normalized spacial score (nSPS) is 29.1. The summed E-state index contributed by atoms with van der Waals surface area (Å²) in [6.45, 7) is 12.9. The predicted molar refractivity (Wildman–Crippen MR) is 131 cm³/mol. The van der Waals surface area contributed by atoms with Gasteiger partial charge in [-0.05, 0) is 40.0 Å². The number of nitrogens with one attached hydrogen (secondary N) is 1. The molecule has 1 spiro atoms. The molecule has 0 aromatic carbocycles. The maximum Gasteiger partial charge on any atom is 0.312 e. The zero-order valence-electron chi connectivity index (χ0n) is 21.5. The van der Waals surface area contributed by atoms with Crippen molar-refractivity contribution in [3.8, 4) is 0 Å². The van der Waals surface area contributed by atoms with E-state index in [2.05, 4.69) is 18.5 Å². The average molecular weight is 506 g/mol. The first-order valence-electron chi connectivity index (χ1n) is 12.7. The standard InChI is InChI=1S/C26H39N3O7/c1-6-8-9-19(31)27-15-17(5)35-25(34)20-18-10-11-26(36-18)21(20)23(32)29(13-14-30)22(26)24(33)28(12-7-2)16(3)4/h6-7,16-18,20-22,30H,1-2,8-15H2,3-5H3,(H,27,31)/t17-,18+,20-,21-,22+,26-/m1/s1. The molecule has 3 aliphatic heterocycles. The van der Waals surface area contributed by atoms with Crippen LogP contribution in [0.15, 0.2) is 25.3 Å². The number of carbonyl (C=O) groups is 4. The number of nitrogens with zero attached hydrogens (tertiary/aromatic N) is 2. The van der Waals surface area contributed by atoms with Gasteiger partial charge in [-0.15, -0.1) is 13.2 Å². The number of fused-ring (bicyclic) bond motifs is 1. The Kier molecular flexibility index (Phi) is 8.94. The van der Waals surface area contributed by atoms with Gasteiger partial charge in [-0.2, -0.15) is 0 Å². The van der Waals surface area contributed by atoms with E-state index in [1.165, 1.54) is 4.90 Å². The topological polar surface area (TPSA) is 125 Å². The van der Waals surface area contributed by atoms with Crippen LogP contribution in [0.5, 0.6) is 0 Å². The van der Waals surface area contributed by atoms with E-state index in [1.54, 1.807) is 24.0 Å². The third-order valence-electron chi connectivity index (χ3n) is 7.36. The summed E-state index contributed by atoms with van der Waals surface area (Å²) in [5.41, 5.74) is -1.14. The zero-order chi connectivity index (χ0) is 26.6. The number of likely N-dealkylation sites (tertiary alicyclic amines) is 1. The molecule has 3 amide bonds. The van der Waals surface area contributed by atoms with Crippen LogP contribution in [0.1, 0.15) is 46.5 Å². The molecule has 3 heterocycles. The van der Waals surface area contributed by atoms with Crippen LogP contribution >= 0.6 is 0 Å². The van der Waals surface area contributed by atoms with Crippen molar-refractivity contribution < 1.29 is 33.8 Å². The van der Waals surface area contributed by atoms with Crippen molar-refractivity contribution in [2.24, 2.45) is 11.8 Å². The molecule has 3 saturated heterocycles. The molecule has 0 unspecified atom stereocenters. The van der Waals surface area contributed by atoms with Crippen molar-refractivity contribution in [1.29, 1.82) is 0 Å². The van der Waals surface area contributed by atoms with Crippen molar-refractivity contribution in [2.45, 2.75) is 76.3 Å². The number of β-amino-alcohol motifs (C(OH)–C–C–N with tert-alkyl or cyclic N) is 1. The number of ether oxygens (including phenoxy) is 2. The molecular formula is C26H39N3O7. The van der Waals surface area contributed by atoms with Gasteiger partial charge in [-0.25, -0.2) is 0 Å². The maximum atomic E-state index is 13.8. The van der Waals surface area contributed by atoms with Crippen molar-refractivity contribution >= 4 is 23.7 Å².